The van der Waals surface area contributed by atoms with Crippen molar-refractivity contribution in [2.24, 2.45) is 0 Å². The lowest BCUT2D eigenvalue weighted by atomic mass is 9.94. The van der Waals surface area contributed by atoms with Crippen LogP contribution in [0.4, 0.5) is 13.2 Å². The van der Waals surface area contributed by atoms with Crippen molar-refractivity contribution in [3.63, 3.8) is 0 Å². The molecule has 180 valence electrons. The average molecular weight is 494 g/mol. The van der Waals surface area contributed by atoms with Crippen LogP contribution in [0.25, 0.3) is 11.1 Å². The van der Waals surface area contributed by atoms with Gasteiger partial charge in [-0.1, -0.05) is 24.3 Å². The third-order valence-electron chi connectivity index (χ3n) is 5.79. The highest BCUT2D eigenvalue weighted by Crippen LogP contribution is 2.33. The van der Waals surface area contributed by atoms with Crippen molar-refractivity contribution in [3.05, 3.63) is 71.5 Å². The van der Waals surface area contributed by atoms with E-state index in [4.69, 9.17) is 5.11 Å². The molecular weight excluding hydrogens is 471 g/mol. The molecule has 0 fully saturated rings. The van der Waals surface area contributed by atoms with Gasteiger partial charge in [0.05, 0.1) is 35.7 Å². The van der Waals surface area contributed by atoms with Crippen LogP contribution in [0.2, 0.25) is 0 Å². The fourth-order valence-electron chi connectivity index (χ4n) is 4.09. The monoisotopic (exact) mass is 493 g/mol. The highest BCUT2D eigenvalue weighted by atomic mass is 32.2. The molecule has 0 radical (unpaired) electrons. The van der Waals surface area contributed by atoms with Crippen molar-refractivity contribution in [2.75, 3.05) is 0 Å². The molecule has 1 aromatic heterocycles. The molecule has 3 aromatic rings. The summed E-state index contributed by atoms with van der Waals surface area (Å²) in [5.41, 5.74) is 1.56. The Kier molecular flexibility index (Phi) is 6.50. The zero-order valence-electron chi connectivity index (χ0n) is 17.9. The molecule has 0 bridgehead atoms. The predicted octanol–water partition coefficient (Wildman–Crippen LogP) is 4.40. The standard InChI is InChI=1S/C23H22F3N3O4S/c24-23(25,26)17-4-1-3-16(13-17)15-7-9-18(10-8-15)34(32,33)28-20-5-2-6-21-19(20)14-27-29(21)12-11-22(30)31/h1,3-4,7-10,13-14,20,28H,2,5-6,11-12H2,(H,30,31). The Bertz CT molecular complexity index is 1300. The summed E-state index contributed by atoms with van der Waals surface area (Å²) in [5, 5.41) is 13.1. The second-order valence-electron chi connectivity index (χ2n) is 8.08. The van der Waals surface area contributed by atoms with Gasteiger partial charge in [-0.3, -0.25) is 9.48 Å². The van der Waals surface area contributed by atoms with E-state index in [1.54, 1.807) is 10.9 Å². The van der Waals surface area contributed by atoms with Crippen LogP contribution in [-0.2, 0) is 34.0 Å². The van der Waals surface area contributed by atoms with Gasteiger partial charge in [0.2, 0.25) is 10.0 Å². The molecule has 1 heterocycles. The van der Waals surface area contributed by atoms with E-state index in [0.717, 1.165) is 23.4 Å². The number of hydrogen-bond donors (Lipinski definition) is 2. The van der Waals surface area contributed by atoms with E-state index in [1.165, 1.54) is 36.4 Å². The second kappa shape index (κ2) is 9.22. The van der Waals surface area contributed by atoms with E-state index in [9.17, 15) is 26.4 Å². The number of fused-ring (bicyclic) bond motifs is 1. The molecule has 11 heteroatoms. The summed E-state index contributed by atoms with van der Waals surface area (Å²) < 4.78 is 69.3. The molecule has 0 amide bonds. The number of benzene rings is 2. The van der Waals surface area contributed by atoms with Gasteiger partial charge in [0, 0.05) is 11.3 Å². The molecule has 0 saturated heterocycles. The first kappa shape index (κ1) is 24.0. The second-order valence-corrected chi connectivity index (χ2v) is 9.80. The third-order valence-corrected chi connectivity index (χ3v) is 7.27. The normalized spacial score (nSPS) is 16.3. The first-order chi connectivity index (χ1) is 16.0. The minimum atomic E-state index is -4.47. The van der Waals surface area contributed by atoms with E-state index in [2.05, 4.69) is 9.82 Å². The van der Waals surface area contributed by atoms with Gasteiger partial charge >= 0.3 is 12.1 Å². The van der Waals surface area contributed by atoms with Crippen molar-refractivity contribution in [2.45, 2.75) is 49.3 Å². The number of nitrogens with one attached hydrogen (secondary N) is 1. The van der Waals surface area contributed by atoms with Crippen molar-refractivity contribution in [1.82, 2.24) is 14.5 Å². The van der Waals surface area contributed by atoms with Gasteiger partial charge < -0.3 is 5.11 Å². The Hall–Kier alpha value is -3.18. The van der Waals surface area contributed by atoms with Crippen molar-refractivity contribution < 1.29 is 31.5 Å². The Morgan fingerprint density at radius 1 is 1.15 bits per heavy atom. The van der Waals surface area contributed by atoms with Crippen LogP contribution in [-0.4, -0.2) is 29.3 Å². The van der Waals surface area contributed by atoms with Crippen LogP contribution in [0.5, 0.6) is 0 Å². The summed E-state index contributed by atoms with van der Waals surface area (Å²) in [6, 6.07) is 10.00. The molecule has 0 aliphatic heterocycles. The van der Waals surface area contributed by atoms with E-state index >= 15 is 0 Å². The first-order valence-corrected chi connectivity index (χ1v) is 12.1. The van der Waals surface area contributed by atoms with Crippen LogP contribution in [0.3, 0.4) is 0 Å². The Labute approximate surface area is 194 Å². The van der Waals surface area contributed by atoms with E-state index in [-0.39, 0.29) is 17.9 Å². The summed E-state index contributed by atoms with van der Waals surface area (Å²) in [4.78, 5) is 10.9. The number of aliphatic carboxylic acids is 1. The SMILES string of the molecule is O=C(O)CCn1ncc2c1CCCC2NS(=O)(=O)c1ccc(-c2cccc(C(F)(F)F)c2)cc1. The van der Waals surface area contributed by atoms with E-state index in [1.807, 2.05) is 0 Å². The molecule has 7 nitrogen and oxygen atoms in total. The molecule has 1 aliphatic carbocycles. The van der Waals surface area contributed by atoms with Gasteiger partial charge in [-0.2, -0.15) is 18.3 Å². The molecule has 4 rings (SSSR count). The van der Waals surface area contributed by atoms with Gasteiger partial charge in [-0.05, 0) is 54.7 Å². The van der Waals surface area contributed by atoms with Crippen molar-refractivity contribution in [1.29, 1.82) is 0 Å². The van der Waals surface area contributed by atoms with Gasteiger partial charge in [0.25, 0.3) is 0 Å². The summed E-state index contributed by atoms with van der Waals surface area (Å²) in [7, 11) is -3.91. The van der Waals surface area contributed by atoms with Crippen LogP contribution in [0.1, 0.15) is 42.1 Å². The summed E-state index contributed by atoms with van der Waals surface area (Å²) in [6.45, 7) is 0.209. The zero-order chi connectivity index (χ0) is 24.5. The molecule has 34 heavy (non-hydrogen) atoms. The smallest absolute Gasteiger partial charge is 0.416 e. The number of sulfonamides is 1. The number of carbonyl (C=O) groups is 1. The maximum Gasteiger partial charge on any atom is 0.416 e. The number of alkyl halides is 3. The lowest BCUT2D eigenvalue weighted by molar-refractivity contribution is -0.138. The number of aryl methyl sites for hydroxylation is 1. The van der Waals surface area contributed by atoms with Gasteiger partial charge in [0.15, 0.2) is 0 Å². The number of aromatic nitrogens is 2. The first-order valence-electron chi connectivity index (χ1n) is 10.6. The van der Waals surface area contributed by atoms with Gasteiger partial charge in [-0.25, -0.2) is 13.1 Å². The van der Waals surface area contributed by atoms with Crippen LogP contribution in [0.15, 0.2) is 59.6 Å². The number of nitrogens with zero attached hydrogens (tertiary/aromatic N) is 2. The third kappa shape index (κ3) is 5.15. The average Bonchev–Trinajstić information content (AvgIpc) is 3.21. The van der Waals surface area contributed by atoms with Gasteiger partial charge in [-0.15, -0.1) is 0 Å². The largest absolute Gasteiger partial charge is 0.481 e. The quantitative estimate of drug-likeness (QED) is 0.508. The molecule has 1 unspecified atom stereocenters. The molecule has 2 aromatic carbocycles. The number of carboxylic acid groups (broad SMARTS) is 1. The predicted molar refractivity (Wildman–Crippen MR) is 117 cm³/mol. The van der Waals surface area contributed by atoms with Crippen LogP contribution < -0.4 is 4.72 Å². The van der Waals surface area contributed by atoms with Crippen LogP contribution >= 0.6 is 0 Å². The maximum atomic E-state index is 13.0. The minimum Gasteiger partial charge on any atom is -0.481 e. The topological polar surface area (TPSA) is 101 Å². The number of rotatable bonds is 7. The highest BCUT2D eigenvalue weighted by Gasteiger charge is 2.31. The maximum absolute atomic E-state index is 13.0. The molecule has 1 atom stereocenters. The highest BCUT2D eigenvalue weighted by molar-refractivity contribution is 7.89. The van der Waals surface area contributed by atoms with Crippen molar-refractivity contribution >= 4 is 16.0 Å². The molecule has 0 saturated carbocycles. The summed E-state index contributed by atoms with van der Waals surface area (Å²) >= 11 is 0. The summed E-state index contributed by atoms with van der Waals surface area (Å²) in [6.07, 6.45) is -1.02. The zero-order valence-corrected chi connectivity index (χ0v) is 18.7. The number of hydrogen-bond acceptors (Lipinski definition) is 4. The lowest BCUT2D eigenvalue weighted by Gasteiger charge is -2.24. The van der Waals surface area contributed by atoms with E-state index < -0.39 is 33.8 Å². The van der Waals surface area contributed by atoms with Crippen LogP contribution in [0, 0.1) is 0 Å². The fourth-order valence-corrected chi connectivity index (χ4v) is 5.34. The summed E-state index contributed by atoms with van der Waals surface area (Å²) in [5.74, 6) is -0.939. The lowest BCUT2D eigenvalue weighted by Crippen LogP contribution is -2.31. The fraction of sp³-hybridized carbons (Fsp3) is 0.304. The number of halogens is 3. The molecule has 1 aliphatic rings. The Balaban J connectivity index is 1.53. The molecular formula is C23H22F3N3O4S. The minimum absolute atomic E-state index is 0.00591. The molecule has 2 N–H and O–H groups in total. The number of carboxylic acids is 1. The van der Waals surface area contributed by atoms with E-state index in [0.29, 0.717) is 30.4 Å². The Morgan fingerprint density at radius 2 is 1.88 bits per heavy atom. The Morgan fingerprint density at radius 3 is 2.56 bits per heavy atom. The van der Waals surface area contributed by atoms with Gasteiger partial charge in [0.1, 0.15) is 0 Å². The van der Waals surface area contributed by atoms with Crippen molar-refractivity contribution in [3.8, 4) is 11.1 Å². The molecule has 0 spiro atoms.